The number of nitrogens with zero attached hydrogens (tertiary/aromatic N) is 3. The molecule has 1 aromatic heterocycles. The SMILES string of the molecule is CC(C)c1ccc(OCn2ccc(C(=O)NC(CO)C(O)c3ccc([N+](=O)[O-])cc3)n2)cc1. The lowest BCUT2D eigenvalue weighted by Gasteiger charge is -2.22. The van der Waals surface area contributed by atoms with E-state index in [0.717, 1.165) is 0 Å². The number of hydrogen-bond donors (Lipinski definition) is 3. The molecule has 1 amide bonds. The molecule has 3 N–H and O–H groups in total. The van der Waals surface area contributed by atoms with Gasteiger partial charge in [-0.05, 0) is 47.4 Å². The van der Waals surface area contributed by atoms with Crippen molar-refractivity contribution in [1.82, 2.24) is 15.1 Å². The second-order valence-corrected chi connectivity index (χ2v) is 7.79. The van der Waals surface area contributed by atoms with Crippen LogP contribution in [0.3, 0.4) is 0 Å². The molecule has 33 heavy (non-hydrogen) atoms. The zero-order valence-corrected chi connectivity index (χ0v) is 18.3. The summed E-state index contributed by atoms with van der Waals surface area (Å²) in [4.78, 5) is 22.8. The fourth-order valence-corrected chi connectivity index (χ4v) is 3.14. The number of hydrogen-bond acceptors (Lipinski definition) is 7. The molecule has 1 heterocycles. The molecule has 174 valence electrons. The molecule has 3 aromatic rings. The first-order chi connectivity index (χ1) is 15.8. The van der Waals surface area contributed by atoms with Crippen molar-refractivity contribution in [3.63, 3.8) is 0 Å². The highest BCUT2D eigenvalue weighted by Crippen LogP contribution is 2.21. The second kappa shape index (κ2) is 10.7. The van der Waals surface area contributed by atoms with Crippen molar-refractivity contribution < 1.29 is 24.7 Å². The number of amides is 1. The standard InChI is InChI=1S/C23H26N4O6/c1-15(2)16-5-9-19(10-6-16)33-14-26-12-11-20(25-26)23(30)24-21(13-28)22(29)17-3-7-18(8-4-17)27(31)32/h3-12,15,21-22,28-29H,13-14H2,1-2H3,(H,24,30). The van der Waals surface area contributed by atoms with E-state index in [4.69, 9.17) is 4.74 Å². The summed E-state index contributed by atoms with van der Waals surface area (Å²) in [6.45, 7) is 3.78. The lowest BCUT2D eigenvalue weighted by Crippen LogP contribution is -2.42. The van der Waals surface area contributed by atoms with Crippen molar-refractivity contribution in [2.75, 3.05) is 6.61 Å². The summed E-state index contributed by atoms with van der Waals surface area (Å²) in [5.41, 5.74) is 1.49. The minimum Gasteiger partial charge on any atom is -0.471 e. The molecule has 0 saturated carbocycles. The van der Waals surface area contributed by atoms with E-state index in [1.54, 1.807) is 6.20 Å². The molecule has 10 heteroatoms. The van der Waals surface area contributed by atoms with Crippen LogP contribution in [0.15, 0.2) is 60.8 Å². The van der Waals surface area contributed by atoms with Crippen molar-refractivity contribution >= 4 is 11.6 Å². The minimum absolute atomic E-state index is 0.0862. The van der Waals surface area contributed by atoms with Gasteiger partial charge in [-0.3, -0.25) is 14.9 Å². The Kier molecular flexibility index (Phi) is 7.75. The van der Waals surface area contributed by atoms with Crippen LogP contribution < -0.4 is 10.1 Å². The third-order valence-electron chi connectivity index (χ3n) is 5.12. The molecule has 2 atom stereocenters. The molecule has 0 radical (unpaired) electrons. The number of non-ortho nitro benzene ring substituents is 1. The van der Waals surface area contributed by atoms with Crippen LogP contribution in [0.2, 0.25) is 0 Å². The Bertz CT molecular complexity index is 1080. The van der Waals surface area contributed by atoms with Gasteiger partial charge in [-0.2, -0.15) is 5.10 Å². The van der Waals surface area contributed by atoms with Gasteiger partial charge >= 0.3 is 0 Å². The number of aliphatic hydroxyl groups excluding tert-OH is 2. The second-order valence-electron chi connectivity index (χ2n) is 7.79. The minimum atomic E-state index is -1.26. The van der Waals surface area contributed by atoms with Gasteiger partial charge in [0.1, 0.15) is 17.5 Å². The molecule has 0 aliphatic rings. The molecule has 0 aliphatic heterocycles. The summed E-state index contributed by atoms with van der Waals surface area (Å²) in [7, 11) is 0. The number of nitrogens with one attached hydrogen (secondary N) is 1. The molecular weight excluding hydrogens is 428 g/mol. The lowest BCUT2D eigenvalue weighted by molar-refractivity contribution is -0.384. The summed E-state index contributed by atoms with van der Waals surface area (Å²) >= 11 is 0. The van der Waals surface area contributed by atoms with Crippen molar-refractivity contribution in [3.8, 4) is 5.75 Å². The number of nitro groups is 1. The average molecular weight is 454 g/mol. The first kappa shape index (κ1) is 23.9. The Balaban J connectivity index is 1.58. The Morgan fingerprint density at radius 3 is 2.33 bits per heavy atom. The Hall–Kier alpha value is -3.76. The fraction of sp³-hybridized carbons (Fsp3) is 0.304. The Labute approximate surface area is 190 Å². The van der Waals surface area contributed by atoms with Gasteiger partial charge in [-0.25, -0.2) is 4.68 Å². The zero-order chi connectivity index (χ0) is 24.0. The zero-order valence-electron chi connectivity index (χ0n) is 18.3. The number of aromatic nitrogens is 2. The quantitative estimate of drug-likeness (QED) is 0.316. The highest BCUT2D eigenvalue weighted by Gasteiger charge is 2.24. The molecule has 0 fully saturated rings. The van der Waals surface area contributed by atoms with Gasteiger partial charge in [-0.1, -0.05) is 26.0 Å². The van der Waals surface area contributed by atoms with Crippen LogP contribution in [0.5, 0.6) is 5.75 Å². The Morgan fingerprint density at radius 2 is 1.76 bits per heavy atom. The predicted octanol–water partition coefficient (Wildman–Crippen LogP) is 2.78. The van der Waals surface area contributed by atoms with E-state index in [1.165, 1.54) is 40.6 Å². The first-order valence-electron chi connectivity index (χ1n) is 10.4. The summed E-state index contributed by atoms with van der Waals surface area (Å²) in [6, 6.07) is 13.4. The maximum atomic E-state index is 12.5. The number of benzene rings is 2. The van der Waals surface area contributed by atoms with E-state index in [0.29, 0.717) is 17.2 Å². The van der Waals surface area contributed by atoms with Gasteiger partial charge in [0.2, 0.25) is 0 Å². The smallest absolute Gasteiger partial charge is 0.272 e. The molecule has 2 aromatic carbocycles. The topological polar surface area (TPSA) is 140 Å². The third kappa shape index (κ3) is 6.15. The lowest BCUT2D eigenvalue weighted by atomic mass is 10.0. The predicted molar refractivity (Wildman–Crippen MR) is 120 cm³/mol. The van der Waals surface area contributed by atoms with Crippen LogP contribution in [0.25, 0.3) is 0 Å². The van der Waals surface area contributed by atoms with Crippen molar-refractivity contribution in [1.29, 1.82) is 0 Å². The van der Waals surface area contributed by atoms with E-state index in [1.807, 2.05) is 24.3 Å². The summed E-state index contributed by atoms with van der Waals surface area (Å²) in [6.07, 6.45) is 0.317. The van der Waals surface area contributed by atoms with Crippen LogP contribution in [0.1, 0.15) is 47.5 Å². The number of ether oxygens (including phenoxy) is 1. The van der Waals surface area contributed by atoms with Gasteiger partial charge in [-0.15, -0.1) is 0 Å². The van der Waals surface area contributed by atoms with Crippen LogP contribution in [-0.4, -0.2) is 43.5 Å². The molecule has 2 unspecified atom stereocenters. The van der Waals surface area contributed by atoms with E-state index in [9.17, 15) is 25.1 Å². The number of aliphatic hydroxyl groups is 2. The number of carbonyl (C=O) groups is 1. The van der Waals surface area contributed by atoms with Crippen molar-refractivity contribution in [3.05, 3.63) is 87.7 Å². The molecular formula is C23H26N4O6. The van der Waals surface area contributed by atoms with Gasteiger partial charge in [0.25, 0.3) is 11.6 Å². The van der Waals surface area contributed by atoms with Crippen LogP contribution in [0, 0.1) is 10.1 Å². The molecule has 0 saturated heterocycles. The third-order valence-corrected chi connectivity index (χ3v) is 5.12. The highest BCUT2D eigenvalue weighted by atomic mass is 16.6. The highest BCUT2D eigenvalue weighted by molar-refractivity contribution is 5.92. The van der Waals surface area contributed by atoms with Crippen LogP contribution in [0.4, 0.5) is 5.69 Å². The van der Waals surface area contributed by atoms with E-state index in [-0.39, 0.29) is 18.1 Å². The number of rotatable bonds is 10. The first-order valence-corrected chi connectivity index (χ1v) is 10.4. The number of nitro benzene ring substituents is 1. The van der Waals surface area contributed by atoms with Gasteiger partial charge in [0, 0.05) is 18.3 Å². The summed E-state index contributed by atoms with van der Waals surface area (Å²) < 4.78 is 7.14. The Morgan fingerprint density at radius 1 is 1.12 bits per heavy atom. The van der Waals surface area contributed by atoms with E-state index < -0.39 is 29.6 Å². The molecule has 3 rings (SSSR count). The van der Waals surface area contributed by atoms with Gasteiger partial charge in [0.15, 0.2) is 6.73 Å². The fourth-order valence-electron chi connectivity index (χ4n) is 3.14. The molecule has 0 spiro atoms. The van der Waals surface area contributed by atoms with E-state index >= 15 is 0 Å². The largest absolute Gasteiger partial charge is 0.471 e. The maximum Gasteiger partial charge on any atom is 0.272 e. The van der Waals surface area contributed by atoms with Crippen LogP contribution >= 0.6 is 0 Å². The molecule has 0 bridgehead atoms. The van der Waals surface area contributed by atoms with Gasteiger partial charge < -0.3 is 20.3 Å². The van der Waals surface area contributed by atoms with Crippen LogP contribution in [-0.2, 0) is 6.73 Å². The van der Waals surface area contributed by atoms with E-state index in [2.05, 4.69) is 24.3 Å². The monoisotopic (exact) mass is 454 g/mol. The maximum absolute atomic E-state index is 12.5. The number of carbonyl (C=O) groups excluding carboxylic acids is 1. The molecule has 10 nitrogen and oxygen atoms in total. The van der Waals surface area contributed by atoms with Crippen molar-refractivity contribution in [2.45, 2.75) is 38.6 Å². The van der Waals surface area contributed by atoms with Crippen molar-refractivity contribution in [2.24, 2.45) is 0 Å². The molecule has 0 aliphatic carbocycles. The summed E-state index contributed by atoms with van der Waals surface area (Å²) in [5.74, 6) is 0.510. The normalized spacial score (nSPS) is 12.9. The van der Waals surface area contributed by atoms with Gasteiger partial charge in [0.05, 0.1) is 17.6 Å². The summed E-state index contributed by atoms with van der Waals surface area (Å²) in [5, 5.41) is 37.6. The average Bonchev–Trinajstić information content (AvgIpc) is 3.30.